The topological polar surface area (TPSA) is 59.1 Å². The molecule has 1 fully saturated rings. The third-order valence-corrected chi connectivity index (χ3v) is 2.32. The number of esters is 1. The predicted octanol–water partition coefficient (Wildman–Crippen LogP) is 0.00630. The lowest BCUT2D eigenvalue weighted by Gasteiger charge is -2.09. The third-order valence-electron chi connectivity index (χ3n) is 2.32. The first-order valence-electron chi connectivity index (χ1n) is 4.36. The number of hydrogen-bond donors (Lipinski definition) is 1. The molecular weight excluding hydrogens is 172 g/mol. The van der Waals surface area contributed by atoms with Crippen LogP contribution in [0.4, 0.5) is 0 Å². The number of epoxide rings is 1. The van der Waals surface area contributed by atoms with E-state index in [9.17, 15) is 9.90 Å². The van der Waals surface area contributed by atoms with Crippen LogP contribution in [0.5, 0.6) is 0 Å². The Labute approximate surface area is 76.1 Å². The van der Waals surface area contributed by atoms with E-state index in [2.05, 4.69) is 0 Å². The molecule has 72 valence electrons. The van der Waals surface area contributed by atoms with Crippen molar-refractivity contribution in [3.8, 4) is 0 Å². The predicted molar refractivity (Wildman–Crippen MR) is 44.0 cm³/mol. The Morgan fingerprint density at radius 1 is 1.62 bits per heavy atom. The third kappa shape index (κ3) is 1.47. The molecule has 0 radical (unpaired) electrons. The lowest BCUT2D eigenvalue weighted by atomic mass is 10.1. The van der Waals surface area contributed by atoms with Crippen LogP contribution in [0.1, 0.15) is 13.8 Å². The second kappa shape index (κ2) is 2.82. The number of rotatable bonds is 2. The van der Waals surface area contributed by atoms with E-state index in [4.69, 9.17) is 9.47 Å². The van der Waals surface area contributed by atoms with Gasteiger partial charge in [-0.1, -0.05) is 0 Å². The van der Waals surface area contributed by atoms with Crippen LogP contribution < -0.4 is 0 Å². The maximum absolute atomic E-state index is 11.2. The Kier molecular flexibility index (Phi) is 1.89. The maximum Gasteiger partial charge on any atom is 0.337 e. The Morgan fingerprint density at radius 3 is 2.62 bits per heavy atom. The van der Waals surface area contributed by atoms with Gasteiger partial charge in [0.1, 0.15) is 12.2 Å². The molecule has 0 spiro atoms. The summed E-state index contributed by atoms with van der Waals surface area (Å²) in [6.07, 6.45) is 0.485. The van der Waals surface area contributed by atoms with Crippen molar-refractivity contribution >= 4 is 5.97 Å². The molecule has 0 aromatic carbocycles. The zero-order chi connectivity index (χ0) is 9.59. The molecule has 4 nitrogen and oxygen atoms in total. The lowest BCUT2D eigenvalue weighted by Crippen LogP contribution is -2.22. The van der Waals surface area contributed by atoms with Gasteiger partial charge in [0.25, 0.3) is 0 Å². The van der Waals surface area contributed by atoms with E-state index in [1.165, 1.54) is 0 Å². The van der Waals surface area contributed by atoms with E-state index in [1.807, 2.05) is 6.92 Å². The molecule has 13 heavy (non-hydrogen) atoms. The largest absolute Gasteiger partial charge is 0.452 e. The van der Waals surface area contributed by atoms with Crippen LogP contribution in [0.3, 0.4) is 0 Å². The normalized spacial score (nSPS) is 39.8. The van der Waals surface area contributed by atoms with E-state index in [-0.39, 0.29) is 18.2 Å². The van der Waals surface area contributed by atoms with Crippen molar-refractivity contribution < 1.29 is 19.4 Å². The van der Waals surface area contributed by atoms with E-state index >= 15 is 0 Å². The maximum atomic E-state index is 11.2. The minimum absolute atomic E-state index is 0.103. The summed E-state index contributed by atoms with van der Waals surface area (Å²) < 4.78 is 10.1. The molecule has 0 amide bonds. The van der Waals surface area contributed by atoms with Gasteiger partial charge in [0, 0.05) is 0 Å². The minimum Gasteiger partial charge on any atom is -0.452 e. The van der Waals surface area contributed by atoms with Gasteiger partial charge in [-0.15, -0.1) is 0 Å². The van der Waals surface area contributed by atoms with Crippen LogP contribution in [0.15, 0.2) is 11.6 Å². The van der Waals surface area contributed by atoms with E-state index in [0.29, 0.717) is 5.57 Å². The summed E-state index contributed by atoms with van der Waals surface area (Å²) in [5, 5.41) is 9.19. The van der Waals surface area contributed by atoms with Crippen molar-refractivity contribution in [3.63, 3.8) is 0 Å². The Hall–Kier alpha value is -0.870. The summed E-state index contributed by atoms with van der Waals surface area (Å²) in [7, 11) is 0. The van der Waals surface area contributed by atoms with Crippen molar-refractivity contribution in [1.82, 2.24) is 0 Å². The first kappa shape index (κ1) is 8.72. The first-order valence-corrected chi connectivity index (χ1v) is 4.36. The summed E-state index contributed by atoms with van der Waals surface area (Å²) >= 11 is 0. The molecule has 1 saturated heterocycles. The fourth-order valence-electron chi connectivity index (χ4n) is 1.43. The highest BCUT2D eigenvalue weighted by atomic mass is 16.6. The molecule has 2 rings (SSSR count). The Bertz CT molecular complexity index is 269. The molecule has 1 N–H and O–H groups in total. The van der Waals surface area contributed by atoms with Crippen molar-refractivity contribution in [1.29, 1.82) is 0 Å². The molecule has 0 bridgehead atoms. The van der Waals surface area contributed by atoms with Gasteiger partial charge in [-0.25, -0.2) is 4.79 Å². The van der Waals surface area contributed by atoms with Gasteiger partial charge < -0.3 is 14.6 Å². The van der Waals surface area contributed by atoms with Gasteiger partial charge in [0.15, 0.2) is 0 Å². The fourth-order valence-corrected chi connectivity index (χ4v) is 1.43. The molecule has 4 atom stereocenters. The summed E-state index contributed by atoms with van der Waals surface area (Å²) in [6.45, 7) is 3.49. The fraction of sp³-hybridized carbons (Fsp3) is 0.667. The number of hydrogen-bond acceptors (Lipinski definition) is 4. The molecule has 2 aliphatic rings. The molecule has 0 saturated carbocycles. The van der Waals surface area contributed by atoms with Gasteiger partial charge in [-0.2, -0.15) is 0 Å². The second-order valence-electron chi connectivity index (χ2n) is 3.49. The number of cyclic esters (lactones) is 1. The van der Waals surface area contributed by atoms with Gasteiger partial charge in [-0.3, -0.25) is 0 Å². The molecule has 0 aromatic rings. The van der Waals surface area contributed by atoms with Crippen LogP contribution in [-0.2, 0) is 14.3 Å². The monoisotopic (exact) mass is 184 g/mol. The number of aliphatic hydroxyl groups excluding tert-OH is 1. The number of aliphatic hydroxyl groups is 1. The van der Waals surface area contributed by atoms with Crippen molar-refractivity contribution in [2.75, 3.05) is 0 Å². The van der Waals surface area contributed by atoms with Crippen molar-refractivity contribution in [3.05, 3.63) is 11.6 Å². The first-order chi connectivity index (χ1) is 6.09. The molecule has 2 heterocycles. The average Bonchev–Trinajstić information content (AvgIpc) is 2.60. The minimum atomic E-state index is -0.657. The highest BCUT2D eigenvalue weighted by molar-refractivity contribution is 5.92. The molecule has 4 heteroatoms. The standard InChI is InChI=1S/C9H12O4/c1-4(10)7-3-6(9(11)13-7)8-5(2)12-8/h3-5,7-8,10H,1-2H3/t4-,5+,7+,8-/m0/s1. The van der Waals surface area contributed by atoms with Gasteiger partial charge in [0.05, 0.1) is 17.8 Å². The zero-order valence-corrected chi connectivity index (χ0v) is 7.56. The van der Waals surface area contributed by atoms with Crippen LogP contribution in [0.25, 0.3) is 0 Å². The van der Waals surface area contributed by atoms with Crippen LogP contribution in [0.2, 0.25) is 0 Å². The average molecular weight is 184 g/mol. The molecule has 0 aliphatic carbocycles. The molecular formula is C9H12O4. The zero-order valence-electron chi connectivity index (χ0n) is 7.56. The highest BCUT2D eigenvalue weighted by Crippen LogP contribution is 2.33. The molecule has 0 unspecified atom stereocenters. The Balaban J connectivity index is 2.10. The lowest BCUT2D eigenvalue weighted by molar-refractivity contribution is -0.143. The van der Waals surface area contributed by atoms with Crippen molar-refractivity contribution in [2.24, 2.45) is 0 Å². The summed E-state index contributed by atoms with van der Waals surface area (Å²) in [5.74, 6) is -0.361. The summed E-state index contributed by atoms with van der Waals surface area (Å²) in [4.78, 5) is 11.2. The van der Waals surface area contributed by atoms with Gasteiger partial charge in [-0.05, 0) is 19.9 Å². The summed E-state index contributed by atoms with van der Waals surface area (Å²) in [6, 6.07) is 0. The summed E-state index contributed by atoms with van der Waals surface area (Å²) in [5.41, 5.74) is 0.554. The van der Waals surface area contributed by atoms with E-state index in [1.54, 1.807) is 13.0 Å². The van der Waals surface area contributed by atoms with Crippen LogP contribution in [0, 0.1) is 0 Å². The number of ether oxygens (including phenoxy) is 2. The quantitative estimate of drug-likeness (QED) is 0.485. The number of carbonyl (C=O) groups excluding carboxylic acids is 1. The molecule has 2 aliphatic heterocycles. The van der Waals surface area contributed by atoms with Crippen LogP contribution in [-0.4, -0.2) is 35.5 Å². The Morgan fingerprint density at radius 2 is 2.23 bits per heavy atom. The second-order valence-corrected chi connectivity index (χ2v) is 3.49. The van der Waals surface area contributed by atoms with Gasteiger partial charge in [0.2, 0.25) is 0 Å². The smallest absolute Gasteiger partial charge is 0.337 e. The SMILES string of the molecule is C[C@H](O)[C@H]1C=C([C@H]2O[C@@H]2C)C(=O)O1. The molecule has 0 aromatic heterocycles. The van der Waals surface area contributed by atoms with Gasteiger partial charge >= 0.3 is 5.97 Å². The van der Waals surface area contributed by atoms with Crippen LogP contribution >= 0.6 is 0 Å². The van der Waals surface area contributed by atoms with Crippen molar-refractivity contribution in [2.45, 2.75) is 38.3 Å². The number of carbonyl (C=O) groups is 1. The van der Waals surface area contributed by atoms with E-state index < -0.39 is 12.2 Å². The van der Waals surface area contributed by atoms with E-state index in [0.717, 1.165) is 0 Å². The highest BCUT2D eigenvalue weighted by Gasteiger charge is 2.45.